The summed E-state index contributed by atoms with van der Waals surface area (Å²) in [5, 5.41) is 20.3. The van der Waals surface area contributed by atoms with Gasteiger partial charge in [-0.15, -0.1) is 0 Å². The number of nitrogens with one attached hydrogen (secondary N) is 3. The van der Waals surface area contributed by atoms with Crippen LogP contribution >= 0.6 is 0 Å². The van der Waals surface area contributed by atoms with E-state index in [1.165, 1.54) is 18.4 Å². The van der Waals surface area contributed by atoms with Crippen molar-refractivity contribution < 1.29 is 37.1 Å². The van der Waals surface area contributed by atoms with Crippen LogP contribution in [0.4, 0.5) is 5.69 Å². The quantitative estimate of drug-likeness (QED) is 0.148. The maximum Gasteiger partial charge on any atom is 0.261 e. The Morgan fingerprint density at radius 2 is 1.81 bits per heavy atom. The lowest BCUT2D eigenvalue weighted by Crippen LogP contribution is -2.33. The molecule has 2 aliphatic rings. The SMILES string of the molecule is CC1CC(=O)NN=C1c1ccc(NC(=O)CCNCC(O)COc2ccc(CCOCC3CC3)cc2)cc1.CS(=O)(=O)O. The van der Waals surface area contributed by atoms with E-state index >= 15 is 0 Å². The van der Waals surface area contributed by atoms with Crippen molar-refractivity contribution in [2.75, 3.05) is 44.5 Å². The molecule has 1 saturated carbocycles. The normalized spacial score (nSPS) is 17.2. The van der Waals surface area contributed by atoms with Crippen LogP contribution in [0.25, 0.3) is 0 Å². The number of aliphatic hydroxyl groups excluding tert-OH is 1. The van der Waals surface area contributed by atoms with Gasteiger partial charge in [0.15, 0.2) is 0 Å². The van der Waals surface area contributed by atoms with E-state index in [4.69, 9.17) is 14.0 Å². The number of rotatable bonds is 15. The molecule has 13 heteroatoms. The summed E-state index contributed by atoms with van der Waals surface area (Å²) in [4.78, 5) is 23.7. The fourth-order valence-corrected chi connectivity index (χ4v) is 4.15. The third-order valence-corrected chi connectivity index (χ3v) is 6.58. The summed E-state index contributed by atoms with van der Waals surface area (Å²) in [6.45, 7) is 4.52. The van der Waals surface area contributed by atoms with Crippen molar-refractivity contribution in [3.05, 3.63) is 59.7 Å². The molecule has 1 fully saturated rings. The number of ether oxygens (including phenoxy) is 2. The lowest BCUT2D eigenvalue weighted by atomic mass is 9.94. The Hall–Kier alpha value is -3.36. The first kappa shape index (κ1) is 34.1. The minimum absolute atomic E-state index is 0.0445. The topological polar surface area (TPSA) is 176 Å². The summed E-state index contributed by atoms with van der Waals surface area (Å²) in [6, 6.07) is 15.3. The van der Waals surface area contributed by atoms with Gasteiger partial charge in [0.2, 0.25) is 11.8 Å². The van der Waals surface area contributed by atoms with E-state index in [-0.39, 0.29) is 30.8 Å². The maximum atomic E-state index is 12.3. The molecule has 1 aliphatic heterocycles. The van der Waals surface area contributed by atoms with Crippen LogP contribution in [0.15, 0.2) is 53.6 Å². The largest absolute Gasteiger partial charge is 0.491 e. The van der Waals surface area contributed by atoms with E-state index in [9.17, 15) is 23.1 Å². The Kier molecular flexibility index (Phi) is 13.5. The van der Waals surface area contributed by atoms with Crippen molar-refractivity contribution in [3.63, 3.8) is 0 Å². The number of aliphatic hydroxyl groups is 1. The summed E-state index contributed by atoms with van der Waals surface area (Å²) in [5.41, 5.74) is 6.15. The smallest absolute Gasteiger partial charge is 0.261 e. The summed E-state index contributed by atoms with van der Waals surface area (Å²) in [7, 11) is -3.67. The minimum atomic E-state index is -3.67. The molecule has 0 radical (unpaired) electrons. The van der Waals surface area contributed by atoms with Gasteiger partial charge in [-0.05, 0) is 60.6 Å². The van der Waals surface area contributed by atoms with Gasteiger partial charge in [-0.1, -0.05) is 31.2 Å². The van der Waals surface area contributed by atoms with Crippen LogP contribution in [0.1, 0.15) is 43.7 Å². The van der Waals surface area contributed by atoms with Gasteiger partial charge >= 0.3 is 0 Å². The number of carbonyl (C=O) groups is 2. The van der Waals surface area contributed by atoms with Gasteiger partial charge in [-0.3, -0.25) is 14.1 Å². The molecule has 5 N–H and O–H groups in total. The van der Waals surface area contributed by atoms with E-state index in [0.29, 0.717) is 37.2 Å². The molecular formula is C30H42N4O8S. The van der Waals surface area contributed by atoms with Gasteiger partial charge < -0.3 is 25.2 Å². The highest BCUT2D eigenvalue weighted by Gasteiger charge is 2.22. The highest BCUT2D eigenvalue weighted by Crippen LogP contribution is 2.28. The Balaban J connectivity index is 0.000000934. The Bertz CT molecular complexity index is 1300. The summed E-state index contributed by atoms with van der Waals surface area (Å²) in [5.74, 6) is 1.34. The second kappa shape index (κ2) is 17.1. The zero-order valence-electron chi connectivity index (χ0n) is 24.6. The molecule has 0 bridgehead atoms. The van der Waals surface area contributed by atoms with Crippen molar-refractivity contribution in [1.29, 1.82) is 0 Å². The molecule has 2 amide bonds. The molecule has 2 atom stereocenters. The van der Waals surface area contributed by atoms with Crippen molar-refractivity contribution >= 4 is 33.3 Å². The lowest BCUT2D eigenvalue weighted by molar-refractivity contribution is -0.122. The molecule has 0 saturated heterocycles. The number of hydrazone groups is 1. The van der Waals surface area contributed by atoms with Crippen molar-refractivity contribution in [1.82, 2.24) is 10.7 Å². The number of benzene rings is 2. The number of anilines is 1. The van der Waals surface area contributed by atoms with Crippen LogP contribution in [0.2, 0.25) is 0 Å². The number of carbonyl (C=O) groups excluding carboxylic acids is 2. The molecule has 0 aromatic heterocycles. The first-order chi connectivity index (χ1) is 20.5. The fraction of sp³-hybridized carbons (Fsp3) is 0.500. The molecule has 2 aromatic carbocycles. The van der Waals surface area contributed by atoms with E-state index in [2.05, 4.69) is 21.2 Å². The van der Waals surface area contributed by atoms with Crippen LogP contribution in [-0.4, -0.2) is 80.9 Å². The number of hydrogen-bond acceptors (Lipinski definition) is 9. The zero-order chi connectivity index (χ0) is 31.2. The van der Waals surface area contributed by atoms with Gasteiger partial charge in [-0.25, -0.2) is 5.43 Å². The highest BCUT2D eigenvalue weighted by molar-refractivity contribution is 7.85. The van der Waals surface area contributed by atoms with Crippen LogP contribution in [0.5, 0.6) is 5.75 Å². The molecule has 2 aromatic rings. The maximum absolute atomic E-state index is 12.3. The predicted octanol–water partition coefficient (Wildman–Crippen LogP) is 2.38. The standard InChI is InChI=1S/C29H38N4O5.CH4O3S/c1-20-16-28(36)32-33-29(20)23-6-8-24(9-7-23)31-27(35)12-14-30-17-25(34)19-38-26-10-4-21(5-11-26)13-15-37-18-22-2-3-22;1-5(2,3)4/h4-11,20,22,25,30,34H,2-3,12-19H2,1H3,(H,31,35)(H,32,36);1H3,(H,2,3,4). The van der Waals surface area contributed by atoms with Gasteiger partial charge in [0.1, 0.15) is 18.5 Å². The van der Waals surface area contributed by atoms with Crippen molar-refractivity contribution in [2.45, 2.75) is 45.1 Å². The molecule has 236 valence electrons. The minimum Gasteiger partial charge on any atom is -0.491 e. The first-order valence-corrected chi connectivity index (χ1v) is 16.2. The second-order valence-corrected chi connectivity index (χ2v) is 12.3. The number of hydrogen-bond donors (Lipinski definition) is 5. The molecule has 1 heterocycles. The molecule has 4 rings (SSSR count). The van der Waals surface area contributed by atoms with Crippen LogP contribution in [0.3, 0.4) is 0 Å². The summed E-state index contributed by atoms with van der Waals surface area (Å²) < 4.78 is 37.2. The summed E-state index contributed by atoms with van der Waals surface area (Å²) >= 11 is 0. The van der Waals surface area contributed by atoms with Gasteiger partial charge in [-0.2, -0.15) is 13.5 Å². The molecule has 2 unspecified atom stereocenters. The van der Waals surface area contributed by atoms with Crippen molar-refractivity contribution in [2.24, 2.45) is 16.9 Å². The Morgan fingerprint density at radius 1 is 1.14 bits per heavy atom. The van der Waals surface area contributed by atoms with Crippen LogP contribution in [0, 0.1) is 11.8 Å². The van der Waals surface area contributed by atoms with Gasteiger partial charge in [0.05, 0.1) is 18.6 Å². The van der Waals surface area contributed by atoms with Crippen molar-refractivity contribution in [3.8, 4) is 5.75 Å². The number of amides is 2. The fourth-order valence-electron chi connectivity index (χ4n) is 4.15. The Labute approximate surface area is 253 Å². The lowest BCUT2D eigenvalue weighted by Gasteiger charge is -2.19. The molecule has 1 aliphatic carbocycles. The molecule has 0 spiro atoms. The molecule has 43 heavy (non-hydrogen) atoms. The van der Waals surface area contributed by atoms with Crippen LogP contribution in [-0.2, 0) is 30.9 Å². The monoisotopic (exact) mass is 618 g/mol. The van der Waals surface area contributed by atoms with E-state index in [1.54, 1.807) is 0 Å². The average Bonchev–Trinajstić information content (AvgIpc) is 3.77. The number of nitrogens with zero attached hydrogens (tertiary/aromatic N) is 1. The summed E-state index contributed by atoms with van der Waals surface area (Å²) in [6.07, 6.45) is 4.21. The van der Waals surface area contributed by atoms with E-state index in [1.807, 2.05) is 55.5 Å². The predicted molar refractivity (Wildman–Crippen MR) is 164 cm³/mol. The van der Waals surface area contributed by atoms with Crippen LogP contribution < -0.4 is 20.8 Å². The van der Waals surface area contributed by atoms with E-state index in [0.717, 1.165) is 36.8 Å². The zero-order valence-corrected chi connectivity index (χ0v) is 25.4. The molecular weight excluding hydrogens is 576 g/mol. The average molecular weight is 619 g/mol. The van der Waals surface area contributed by atoms with Gasteiger partial charge in [0.25, 0.3) is 10.1 Å². The van der Waals surface area contributed by atoms with Gasteiger partial charge in [0, 0.05) is 44.1 Å². The third kappa shape index (κ3) is 14.6. The van der Waals surface area contributed by atoms with E-state index < -0.39 is 16.2 Å². The Morgan fingerprint density at radius 3 is 2.44 bits per heavy atom. The molecule has 12 nitrogen and oxygen atoms in total. The second-order valence-electron chi connectivity index (χ2n) is 10.8. The highest BCUT2D eigenvalue weighted by atomic mass is 32.2. The first-order valence-electron chi connectivity index (χ1n) is 14.3. The third-order valence-electron chi connectivity index (χ3n) is 6.58.